The van der Waals surface area contributed by atoms with Crippen LogP contribution in [-0.2, 0) is 16.7 Å². The van der Waals surface area contributed by atoms with Crippen LogP contribution in [0.5, 0.6) is 0 Å². The molecule has 0 saturated carbocycles. The van der Waals surface area contributed by atoms with Crippen molar-refractivity contribution >= 4 is 0 Å². The van der Waals surface area contributed by atoms with Gasteiger partial charge in [-0.3, -0.25) is 4.68 Å². The monoisotopic (exact) mass is 392 g/mol. The Balaban J connectivity index is 1.83. The van der Waals surface area contributed by atoms with E-state index in [1.807, 2.05) is 10.9 Å². The summed E-state index contributed by atoms with van der Waals surface area (Å²) in [6.07, 6.45) is 19.3. The van der Waals surface area contributed by atoms with Gasteiger partial charge in [-0.25, -0.2) is 0 Å². The lowest BCUT2D eigenvalue weighted by Gasteiger charge is -2.17. The van der Waals surface area contributed by atoms with Crippen LogP contribution in [0.4, 0.5) is 0 Å². The van der Waals surface area contributed by atoms with E-state index in [0.29, 0.717) is 5.41 Å². The van der Waals surface area contributed by atoms with Crippen molar-refractivity contribution in [3.63, 3.8) is 0 Å². The summed E-state index contributed by atoms with van der Waals surface area (Å²) < 4.78 is 7.78. The third-order valence-corrected chi connectivity index (χ3v) is 5.43. The highest BCUT2D eigenvalue weighted by atomic mass is 16.5. The zero-order valence-corrected chi connectivity index (χ0v) is 19.9. The number of hydrogen-bond donors (Lipinski definition) is 0. The van der Waals surface area contributed by atoms with Crippen LogP contribution in [0.15, 0.2) is 12.4 Å². The van der Waals surface area contributed by atoms with Gasteiger partial charge in [0.15, 0.2) is 0 Å². The second kappa shape index (κ2) is 13.4. The van der Waals surface area contributed by atoms with Crippen LogP contribution in [0.25, 0.3) is 0 Å². The van der Waals surface area contributed by atoms with Crippen molar-refractivity contribution in [2.75, 3.05) is 13.2 Å². The minimum absolute atomic E-state index is 0.172. The molecule has 0 fully saturated rings. The van der Waals surface area contributed by atoms with E-state index in [-0.39, 0.29) is 5.41 Å². The highest BCUT2D eigenvalue weighted by Crippen LogP contribution is 2.23. The first kappa shape index (κ1) is 25.2. The molecule has 0 aliphatic heterocycles. The molecule has 0 amide bonds. The zero-order chi connectivity index (χ0) is 20.9. The summed E-state index contributed by atoms with van der Waals surface area (Å²) in [5.41, 5.74) is 1.97. The summed E-state index contributed by atoms with van der Waals surface area (Å²) in [7, 11) is 0. The van der Waals surface area contributed by atoms with Crippen molar-refractivity contribution in [3.8, 4) is 0 Å². The van der Waals surface area contributed by atoms with Gasteiger partial charge in [0.2, 0.25) is 0 Å². The Morgan fingerprint density at radius 1 is 0.750 bits per heavy atom. The molecule has 1 rings (SSSR count). The highest BCUT2D eigenvalue weighted by Gasteiger charge is 2.15. The molecule has 0 aliphatic carbocycles. The molecule has 0 unspecified atom stereocenters. The fourth-order valence-corrected chi connectivity index (χ4v) is 3.41. The lowest BCUT2D eigenvalue weighted by Crippen LogP contribution is -2.10. The molecule has 1 heterocycles. The van der Waals surface area contributed by atoms with Crippen molar-refractivity contribution in [2.24, 2.45) is 5.41 Å². The molecule has 0 atom stereocenters. The third kappa shape index (κ3) is 13.4. The average molecular weight is 393 g/mol. The molecule has 0 N–H and O–H groups in total. The van der Waals surface area contributed by atoms with Gasteiger partial charge in [0.1, 0.15) is 0 Å². The molecule has 0 bridgehead atoms. The van der Waals surface area contributed by atoms with E-state index in [4.69, 9.17) is 4.74 Å². The number of ether oxygens (including phenoxy) is 1. The Labute approximate surface area is 175 Å². The van der Waals surface area contributed by atoms with Gasteiger partial charge < -0.3 is 4.74 Å². The minimum atomic E-state index is 0.172. The number of rotatable bonds is 15. The van der Waals surface area contributed by atoms with Crippen LogP contribution in [0, 0.1) is 5.41 Å². The number of unbranched alkanes of at least 4 members (excludes halogenated alkanes) is 9. The number of aromatic nitrogens is 2. The first-order valence-electron chi connectivity index (χ1n) is 11.8. The van der Waals surface area contributed by atoms with E-state index < -0.39 is 0 Å². The van der Waals surface area contributed by atoms with Gasteiger partial charge in [-0.2, -0.15) is 5.10 Å². The second-order valence-electron chi connectivity index (χ2n) is 10.7. The van der Waals surface area contributed by atoms with Crippen LogP contribution in [-0.4, -0.2) is 23.0 Å². The summed E-state index contributed by atoms with van der Waals surface area (Å²) in [5, 5.41) is 4.43. The van der Waals surface area contributed by atoms with Crippen molar-refractivity contribution in [1.29, 1.82) is 0 Å². The van der Waals surface area contributed by atoms with E-state index in [9.17, 15) is 0 Å². The van der Waals surface area contributed by atoms with Crippen molar-refractivity contribution < 1.29 is 4.74 Å². The van der Waals surface area contributed by atoms with Gasteiger partial charge in [-0.15, -0.1) is 0 Å². The Hall–Kier alpha value is -0.830. The molecule has 0 spiro atoms. The molecule has 0 aromatic carbocycles. The maximum Gasteiger partial charge on any atom is 0.0662 e. The molecule has 164 valence electrons. The van der Waals surface area contributed by atoms with Crippen LogP contribution < -0.4 is 0 Å². The molecule has 3 heteroatoms. The Kier molecular flexibility index (Phi) is 12.1. The van der Waals surface area contributed by atoms with Crippen LogP contribution >= 0.6 is 0 Å². The number of nitrogens with zero attached hydrogens (tertiary/aromatic N) is 2. The topological polar surface area (TPSA) is 27.1 Å². The van der Waals surface area contributed by atoms with E-state index >= 15 is 0 Å². The molecule has 0 aliphatic rings. The van der Waals surface area contributed by atoms with Gasteiger partial charge in [-0.1, -0.05) is 99.3 Å². The molecule has 3 nitrogen and oxygen atoms in total. The average Bonchev–Trinajstić information content (AvgIpc) is 3.06. The normalized spacial score (nSPS) is 12.6. The molecule has 0 saturated heterocycles. The summed E-state index contributed by atoms with van der Waals surface area (Å²) in [6, 6.07) is 0. The molecule has 0 radical (unpaired) electrons. The molecular formula is C25H48N2O. The standard InChI is InChI=1S/C25H48N2O/c1-24(2,3)17-15-13-11-9-7-8-10-12-14-16-19-28-20-18-27-22-23(21-26-27)25(4,5)6/h21-22H,7-20H2,1-6H3. The van der Waals surface area contributed by atoms with Gasteiger partial charge >= 0.3 is 0 Å². The molecule has 1 aromatic heterocycles. The summed E-state index contributed by atoms with van der Waals surface area (Å²) >= 11 is 0. The smallest absolute Gasteiger partial charge is 0.0662 e. The van der Waals surface area contributed by atoms with Crippen LogP contribution in [0.3, 0.4) is 0 Å². The van der Waals surface area contributed by atoms with E-state index in [2.05, 4.69) is 52.8 Å². The molecule has 28 heavy (non-hydrogen) atoms. The highest BCUT2D eigenvalue weighted by molar-refractivity contribution is 5.14. The maximum atomic E-state index is 5.78. The maximum absolute atomic E-state index is 5.78. The Morgan fingerprint density at radius 3 is 1.79 bits per heavy atom. The Bertz CT molecular complexity index is 493. The molecule has 1 aromatic rings. The minimum Gasteiger partial charge on any atom is -0.380 e. The quantitative estimate of drug-likeness (QED) is 0.288. The lowest BCUT2D eigenvalue weighted by molar-refractivity contribution is 0.119. The lowest BCUT2D eigenvalue weighted by atomic mass is 9.89. The SMILES string of the molecule is CC(C)(C)CCCCCCCCCCCCOCCn1cc(C(C)(C)C)cn1. The zero-order valence-electron chi connectivity index (χ0n) is 19.9. The fraction of sp³-hybridized carbons (Fsp3) is 0.880. The van der Waals surface area contributed by atoms with E-state index in [1.165, 1.54) is 76.2 Å². The predicted octanol–water partition coefficient (Wildman–Crippen LogP) is 7.53. The third-order valence-electron chi connectivity index (χ3n) is 5.43. The fourth-order valence-electron chi connectivity index (χ4n) is 3.41. The van der Waals surface area contributed by atoms with Gasteiger partial charge in [0.25, 0.3) is 0 Å². The summed E-state index contributed by atoms with van der Waals surface area (Å²) in [6.45, 7) is 16.2. The van der Waals surface area contributed by atoms with E-state index in [0.717, 1.165) is 19.8 Å². The van der Waals surface area contributed by atoms with Crippen molar-refractivity contribution in [2.45, 2.75) is 124 Å². The first-order valence-corrected chi connectivity index (χ1v) is 11.8. The second-order valence-corrected chi connectivity index (χ2v) is 10.7. The van der Waals surface area contributed by atoms with Gasteiger partial charge in [-0.05, 0) is 29.2 Å². The first-order chi connectivity index (χ1) is 13.2. The van der Waals surface area contributed by atoms with Crippen LogP contribution in [0.2, 0.25) is 0 Å². The largest absolute Gasteiger partial charge is 0.380 e. The van der Waals surface area contributed by atoms with Crippen molar-refractivity contribution in [3.05, 3.63) is 18.0 Å². The predicted molar refractivity (Wildman–Crippen MR) is 122 cm³/mol. The molecular weight excluding hydrogens is 344 g/mol. The van der Waals surface area contributed by atoms with Crippen molar-refractivity contribution in [1.82, 2.24) is 9.78 Å². The van der Waals surface area contributed by atoms with Crippen LogP contribution in [0.1, 0.15) is 118 Å². The summed E-state index contributed by atoms with van der Waals surface area (Å²) in [5.74, 6) is 0. The Morgan fingerprint density at radius 2 is 1.29 bits per heavy atom. The summed E-state index contributed by atoms with van der Waals surface area (Å²) in [4.78, 5) is 0. The number of hydrogen-bond acceptors (Lipinski definition) is 2. The van der Waals surface area contributed by atoms with E-state index in [1.54, 1.807) is 0 Å². The van der Waals surface area contributed by atoms with Gasteiger partial charge in [0, 0.05) is 12.8 Å². The van der Waals surface area contributed by atoms with Gasteiger partial charge in [0.05, 0.1) is 19.3 Å².